The zero-order chi connectivity index (χ0) is 15.2. The van der Waals surface area contributed by atoms with Gasteiger partial charge in [-0.2, -0.15) is 0 Å². The minimum atomic E-state index is -0.492. The Morgan fingerprint density at radius 3 is 2.29 bits per heavy atom. The van der Waals surface area contributed by atoms with Gasteiger partial charge in [-0.25, -0.2) is 0 Å². The van der Waals surface area contributed by atoms with Gasteiger partial charge in [-0.15, -0.1) is 0 Å². The fourth-order valence-corrected chi connectivity index (χ4v) is 2.22. The molecule has 0 spiro atoms. The van der Waals surface area contributed by atoms with Gasteiger partial charge in [0.1, 0.15) is 5.75 Å². The molecule has 6 nitrogen and oxygen atoms in total. The van der Waals surface area contributed by atoms with Crippen molar-refractivity contribution in [1.82, 2.24) is 9.80 Å². The molecular formula is C15H21N3O3. The van der Waals surface area contributed by atoms with Crippen molar-refractivity contribution in [3.05, 3.63) is 30.3 Å². The number of nitrogens with two attached hydrogens (primary N) is 1. The van der Waals surface area contributed by atoms with E-state index in [4.69, 9.17) is 10.5 Å². The Labute approximate surface area is 124 Å². The molecule has 1 fully saturated rings. The van der Waals surface area contributed by atoms with Crippen molar-refractivity contribution in [1.29, 1.82) is 0 Å². The lowest BCUT2D eigenvalue weighted by Crippen LogP contribution is -2.54. The lowest BCUT2D eigenvalue weighted by Gasteiger charge is -2.35. The minimum Gasteiger partial charge on any atom is -0.484 e. The van der Waals surface area contributed by atoms with E-state index in [1.54, 1.807) is 16.7 Å². The third-order valence-corrected chi connectivity index (χ3v) is 3.44. The van der Waals surface area contributed by atoms with Crippen molar-refractivity contribution >= 4 is 11.8 Å². The second-order valence-corrected chi connectivity index (χ2v) is 5.10. The molecule has 0 aliphatic carbocycles. The molecule has 1 heterocycles. The molecule has 2 rings (SSSR count). The first-order valence-electron chi connectivity index (χ1n) is 7.08. The van der Waals surface area contributed by atoms with Crippen LogP contribution in [0.5, 0.6) is 5.75 Å². The first kappa shape index (κ1) is 15.3. The van der Waals surface area contributed by atoms with E-state index in [1.807, 2.05) is 30.3 Å². The fourth-order valence-electron chi connectivity index (χ4n) is 2.22. The van der Waals surface area contributed by atoms with Crippen LogP contribution >= 0.6 is 0 Å². The minimum absolute atomic E-state index is 0.0191. The Bertz CT molecular complexity index is 482. The number of amides is 2. The van der Waals surface area contributed by atoms with Gasteiger partial charge >= 0.3 is 0 Å². The Balaban J connectivity index is 1.77. The van der Waals surface area contributed by atoms with E-state index < -0.39 is 6.04 Å². The molecule has 1 aliphatic rings. The Morgan fingerprint density at radius 1 is 1.14 bits per heavy atom. The van der Waals surface area contributed by atoms with Crippen molar-refractivity contribution in [3.63, 3.8) is 0 Å². The number of para-hydroxylation sites is 1. The predicted octanol–water partition coefficient (Wildman–Crippen LogP) is 0.0834. The smallest absolute Gasteiger partial charge is 0.260 e. The zero-order valence-corrected chi connectivity index (χ0v) is 12.2. The molecule has 1 aromatic carbocycles. The summed E-state index contributed by atoms with van der Waals surface area (Å²) in [6, 6.07) is 8.74. The van der Waals surface area contributed by atoms with Crippen LogP contribution in [0.15, 0.2) is 30.3 Å². The molecule has 0 unspecified atom stereocenters. The quantitative estimate of drug-likeness (QED) is 0.852. The molecular weight excluding hydrogens is 270 g/mol. The summed E-state index contributed by atoms with van der Waals surface area (Å²) in [5, 5.41) is 0. The van der Waals surface area contributed by atoms with Crippen LogP contribution in [-0.2, 0) is 9.59 Å². The average Bonchev–Trinajstić information content (AvgIpc) is 2.53. The van der Waals surface area contributed by atoms with Gasteiger partial charge in [0.15, 0.2) is 6.61 Å². The van der Waals surface area contributed by atoms with E-state index in [0.717, 1.165) is 0 Å². The molecule has 0 bridgehead atoms. The highest BCUT2D eigenvalue weighted by Gasteiger charge is 2.25. The molecule has 2 N–H and O–H groups in total. The van der Waals surface area contributed by atoms with Gasteiger partial charge in [-0.1, -0.05) is 18.2 Å². The van der Waals surface area contributed by atoms with Gasteiger partial charge in [0.25, 0.3) is 5.91 Å². The number of hydrogen-bond donors (Lipinski definition) is 1. The monoisotopic (exact) mass is 291 g/mol. The van der Waals surface area contributed by atoms with Crippen molar-refractivity contribution in [2.45, 2.75) is 13.0 Å². The van der Waals surface area contributed by atoms with Crippen LogP contribution in [0.1, 0.15) is 6.92 Å². The lowest BCUT2D eigenvalue weighted by molar-refractivity contribution is -0.141. The van der Waals surface area contributed by atoms with Crippen LogP contribution in [0.2, 0.25) is 0 Å². The molecule has 0 aromatic heterocycles. The first-order valence-corrected chi connectivity index (χ1v) is 7.08. The predicted molar refractivity (Wildman–Crippen MR) is 78.7 cm³/mol. The van der Waals surface area contributed by atoms with Crippen molar-refractivity contribution in [2.75, 3.05) is 32.8 Å². The number of nitrogens with zero attached hydrogens (tertiary/aromatic N) is 2. The van der Waals surface area contributed by atoms with Crippen LogP contribution in [0, 0.1) is 0 Å². The van der Waals surface area contributed by atoms with Crippen LogP contribution in [0.4, 0.5) is 0 Å². The first-order chi connectivity index (χ1) is 10.1. The molecule has 1 atom stereocenters. The van der Waals surface area contributed by atoms with E-state index in [-0.39, 0.29) is 18.4 Å². The number of ether oxygens (including phenoxy) is 1. The molecule has 114 valence electrons. The van der Waals surface area contributed by atoms with Gasteiger partial charge in [-0.05, 0) is 19.1 Å². The van der Waals surface area contributed by atoms with Crippen LogP contribution < -0.4 is 10.5 Å². The van der Waals surface area contributed by atoms with Crippen molar-refractivity contribution in [3.8, 4) is 5.75 Å². The molecule has 1 aliphatic heterocycles. The van der Waals surface area contributed by atoms with Crippen LogP contribution in [0.3, 0.4) is 0 Å². The van der Waals surface area contributed by atoms with Gasteiger partial charge in [0, 0.05) is 26.2 Å². The lowest BCUT2D eigenvalue weighted by atomic mass is 10.2. The highest BCUT2D eigenvalue weighted by Crippen LogP contribution is 2.09. The molecule has 6 heteroatoms. The van der Waals surface area contributed by atoms with E-state index in [9.17, 15) is 9.59 Å². The summed E-state index contributed by atoms with van der Waals surface area (Å²) in [7, 11) is 0. The topological polar surface area (TPSA) is 75.9 Å². The maximum Gasteiger partial charge on any atom is 0.260 e. The summed E-state index contributed by atoms with van der Waals surface area (Å²) in [5.74, 6) is 0.547. The molecule has 2 amide bonds. The maximum absolute atomic E-state index is 12.1. The standard InChI is InChI=1S/C15H21N3O3/c1-12(16)15(20)18-9-7-17(8-10-18)14(19)11-21-13-5-3-2-4-6-13/h2-6,12H,7-11,16H2,1H3/t12-/m0/s1. The van der Waals surface area contributed by atoms with E-state index in [1.165, 1.54) is 0 Å². The van der Waals surface area contributed by atoms with Crippen LogP contribution in [0.25, 0.3) is 0 Å². The highest BCUT2D eigenvalue weighted by molar-refractivity contribution is 5.82. The molecule has 21 heavy (non-hydrogen) atoms. The number of rotatable bonds is 4. The summed E-state index contributed by atoms with van der Waals surface area (Å²) in [6.45, 7) is 3.79. The second kappa shape index (κ2) is 7.08. The van der Waals surface area contributed by atoms with Gasteiger partial charge in [0.05, 0.1) is 6.04 Å². The third kappa shape index (κ3) is 4.19. The maximum atomic E-state index is 12.1. The number of benzene rings is 1. The Morgan fingerprint density at radius 2 is 1.71 bits per heavy atom. The Kier molecular flexibility index (Phi) is 5.16. The van der Waals surface area contributed by atoms with Gasteiger partial charge in [0.2, 0.25) is 5.91 Å². The van der Waals surface area contributed by atoms with Gasteiger partial charge < -0.3 is 20.3 Å². The molecule has 1 saturated heterocycles. The summed E-state index contributed by atoms with van der Waals surface area (Å²) in [4.78, 5) is 27.2. The fraction of sp³-hybridized carbons (Fsp3) is 0.467. The number of hydrogen-bond acceptors (Lipinski definition) is 4. The highest BCUT2D eigenvalue weighted by atomic mass is 16.5. The largest absolute Gasteiger partial charge is 0.484 e. The molecule has 0 radical (unpaired) electrons. The third-order valence-electron chi connectivity index (χ3n) is 3.44. The second-order valence-electron chi connectivity index (χ2n) is 5.10. The average molecular weight is 291 g/mol. The van der Waals surface area contributed by atoms with Gasteiger partial charge in [-0.3, -0.25) is 9.59 Å². The Hall–Kier alpha value is -2.08. The van der Waals surface area contributed by atoms with Crippen molar-refractivity contribution < 1.29 is 14.3 Å². The summed E-state index contributed by atoms with van der Waals surface area (Å²) in [6.07, 6.45) is 0. The summed E-state index contributed by atoms with van der Waals surface area (Å²) >= 11 is 0. The van der Waals surface area contributed by atoms with E-state index >= 15 is 0 Å². The molecule has 0 saturated carbocycles. The summed E-state index contributed by atoms with van der Waals surface area (Å²) < 4.78 is 5.44. The number of carbonyl (C=O) groups excluding carboxylic acids is 2. The van der Waals surface area contributed by atoms with E-state index in [2.05, 4.69) is 0 Å². The van der Waals surface area contributed by atoms with Crippen LogP contribution in [-0.4, -0.2) is 60.4 Å². The SMILES string of the molecule is C[C@H](N)C(=O)N1CCN(C(=O)COc2ccccc2)CC1. The zero-order valence-electron chi connectivity index (χ0n) is 12.2. The normalized spacial score (nSPS) is 16.5. The molecule has 1 aromatic rings. The number of carbonyl (C=O) groups is 2. The summed E-state index contributed by atoms with van der Waals surface area (Å²) in [5.41, 5.74) is 5.58. The van der Waals surface area contributed by atoms with E-state index in [0.29, 0.717) is 31.9 Å². The van der Waals surface area contributed by atoms with Crippen molar-refractivity contribution in [2.24, 2.45) is 5.73 Å². The number of piperazine rings is 1.